The molecule has 1 aliphatic carbocycles. The number of aromatic nitrogens is 2. The first-order chi connectivity index (χ1) is 6.60. The van der Waals surface area contributed by atoms with Gasteiger partial charge in [0.05, 0.1) is 16.5 Å². The maximum Gasteiger partial charge on any atom is 0.0911 e. The third kappa shape index (κ3) is 2.15. The summed E-state index contributed by atoms with van der Waals surface area (Å²) in [4.78, 5) is 0. The Morgan fingerprint density at radius 1 is 1.71 bits per heavy atom. The van der Waals surface area contributed by atoms with Crippen LogP contribution in [-0.4, -0.2) is 15.6 Å². The first kappa shape index (κ1) is 9.71. The Morgan fingerprint density at radius 3 is 2.86 bits per heavy atom. The Hall–Kier alpha value is -0.840. The number of amidine groups is 1. The largest absolute Gasteiger partial charge is 0.388 e. The molecule has 4 nitrogen and oxygen atoms in total. The highest BCUT2D eigenvalue weighted by Gasteiger charge is 2.43. The van der Waals surface area contributed by atoms with Crippen molar-refractivity contribution in [1.29, 1.82) is 5.41 Å². The molecule has 1 aliphatic rings. The second-order valence-corrected chi connectivity index (χ2v) is 4.97. The third-order valence-electron chi connectivity index (χ3n) is 2.62. The van der Waals surface area contributed by atoms with Crippen LogP contribution in [0.25, 0.3) is 0 Å². The van der Waals surface area contributed by atoms with E-state index in [1.165, 1.54) is 0 Å². The molecular formula is C9H13BrN4. The topological polar surface area (TPSA) is 67.7 Å². The van der Waals surface area contributed by atoms with E-state index in [2.05, 4.69) is 21.0 Å². The van der Waals surface area contributed by atoms with Crippen molar-refractivity contribution < 1.29 is 0 Å². The van der Waals surface area contributed by atoms with Gasteiger partial charge in [-0.3, -0.25) is 10.1 Å². The van der Waals surface area contributed by atoms with Crippen LogP contribution in [0, 0.1) is 10.8 Å². The fourth-order valence-corrected chi connectivity index (χ4v) is 2.07. The van der Waals surface area contributed by atoms with E-state index in [1.807, 2.05) is 10.9 Å². The van der Waals surface area contributed by atoms with Gasteiger partial charge in [0.1, 0.15) is 0 Å². The van der Waals surface area contributed by atoms with E-state index in [0.717, 1.165) is 23.9 Å². The summed E-state index contributed by atoms with van der Waals surface area (Å²) in [5.74, 6) is 0.286. The smallest absolute Gasteiger partial charge is 0.0911 e. The number of nitrogens with one attached hydrogen (secondary N) is 1. The van der Waals surface area contributed by atoms with Gasteiger partial charge in [-0.2, -0.15) is 5.10 Å². The van der Waals surface area contributed by atoms with Gasteiger partial charge in [0.25, 0.3) is 0 Å². The molecule has 1 saturated carbocycles. The number of hydrogen-bond acceptors (Lipinski definition) is 2. The number of hydrogen-bond donors (Lipinski definition) is 2. The number of halogens is 1. The molecule has 0 unspecified atom stereocenters. The highest BCUT2D eigenvalue weighted by molar-refractivity contribution is 9.10. The minimum atomic E-state index is 0.220. The number of nitrogens with two attached hydrogens (primary N) is 1. The van der Waals surface area contributed by atoms with Gasteiger partial charge in [0.15, 0.2) is 0 Å². The van der Waals surface area contributed by atoms with E-state index in [4.69, 9.17) is 11.1 Å². The molecule has 1 heterocycles. The lowest BCUT2D eigenvalue weighted by Gasteiger charge is -2.13. The second-order valence-electron chi connectivity index (χ2n) is 4.06. The lowest BCUT2D eigenvalue weighted by atomic mass is 10.0. The van der Waals surface area contributed by atoms with Crippen molar-refractivity contribution in [1.82, 2.24) is 9.78 Å². The monoisotopic (exact) mass is 256 g/mol. The molecule has 14 heavy (non-hydrogen) atoms. The van der Waals surface area contributed by atoms with Gasteiger partial charge in [-0.1, -0.05) is 0 Å². The second kappa shape index (κ2) is 3.38. The van der Waals surface area contributed by atoms with Crippen LogP contribution < -0.4 is 5.73 Å². The lowest BCUT2D eigenvalue weighted by Crippen LogP contribution is -2.20. The summed E-state index contributed by atoms with van der Waals surface area (Å²) in [7, 11) is 0. The molecule has 0 saturated heterocycles. The van der Waals surface area contributed by atoms with Gasteiger partial charge in [0, 0.05) is 19.2 Å². The fraction of sp³-hybridized carbons (Fsp3) is 0.556. The van der Waals surface area contributed by atoms with Crippen LogP contribution in [0.2, 0.25) is 0 Å². The van der Waals surface area contributed by atoms with Gasteiger partial charge < -0.3 is 5.73 Å². The number of nitrogens with zero attached hydrogens (tertiary/aromatic N) is 2. The molecule has 0 bridgehead atoms. The van der Waals surface area contributed by atoms with Crippen molar-refractivity contribution in [2.24, 2.45) is 11.1 Å². The number of rotatable bonds is 4. The standard InChI is InChI=1S/C9H13BrN4/c10-7-4-13-14(5-7)6-9(1-2-9)3-8(11)12/h4-5H,1-3,6H2,(H3,11,12). The summed E-state index contributed by atoms with van der Waals surface area (Å²) in [6.07, 6.45) is 6.75. The molecule has 1 aromatic heterocycles. The summed E-state index contributed by atoms with van der Waals surface area (Å²) < 4.78 is 2.91. The first-order valence-electron chi connectivity index (χ1n) is 4.61. The van der Waals surface area contributed by atoms with E-state index >= 15 is 0 Å². The molecule has 2 rings (SSSR count). The van der Waals surface area contributed by atoms with Gasteiger partial charge >= 0.3 is 0 Å². The average Bonchev–Trinajstić information content (AvgIpc) is 2.67. The van der Waals surface area contributed by atoms with Crippen LogP contribution in [-0.2, 0) is 6.54 Å². The Morgan fingerprint density at radius 2 is 2.43 bits per heavy atom. The molecule has 0 atom stereocenters. The van der Waals surface area contributed by atoms with Crippen molar-refractivity contribution in [2.75, 3.05) is 0 Å². The van der Waals surface area contributed by atoms with E-state index in [0.29, 0.717) is 6.42 Å². The van der Waals surface area contributed by atoms with Crippen LogP contribution in [0.4, 0.5) is 0 Å². The molecule has 0 radical (unpaired) electrons. The molecule has 0 spiro atoms. The summed E-state index contributed by atoms with van der Waals surface area (Å²) in [6.45, 7) is 0.873. The Balaban J connectivity index is 2.00. The van der Waals surface area contributed by atoms with Gasteiger partial charge in [-0.25, -0.2) is 0 Å². The summed E-state index contributed by atoms with van der Waals surface area (Å²) in [5, 5.41) is 11.5. The highest BCUT2D eigenvalue weighted by atomic mass is 79.9. The predicted molar refractivity (Wildman–Crippen MR) is 58.1 cm³/mol. The SMILES string of the molecule is N=C(N)CC1(Cn2cc(Br)cn2)CC1. The molecule has 1 aromatic rings. The van der Waals surface area contributed by atoms with Crippen LogP contribution in [0.15, 0.2) is 16.9 Å². The third-order valence-corrected chi connectivity index (χ3v) is 3.03. The molecule has 0 aromatic carbocycles. The zero-order valence-corrected chi connectivity index (χ0v) is 9.42. The van der Waals surface area contributed by atoms with Gasteiger partial charge in [0.2, 0.25) is 0 Å². The average molecular weight is 257 g/mol. The van der Waals surface area contributed by atoms with Crippen molar-refractivity contribution in [3.63, 3.8) is 0 Å². The maximum atomic E-state index is 7.30. The van der Waals surface area contributed by atoms with Gasteiger partial charge in [-0.15, -0.1) is 0 Å². The molecule has 1 fully saturated rings. The van der Waals surface area contributed by atoms with E-state index < -0.39 is 0 Å². The summed E-state index contributed by atoms with van der Waals surface area (Å²) >= 11 is 3.36. The molecule has 76 valence electrons. The predicted octanol–water partition coefficient (Wildman–Crippen LogP) is 1.75. The van der Waals surface area contributed by atoms with Gasteiger partial charge in [-0.05, 0) is 34.2 Å². The highest BCUT2D eigenvalue weighted by Crippen LogP contribution is 2.49. The molecule has 0 amide bonds. The molecule has 0 aliphatic heterocycles. The van der Waals surface area contributed by atoms with E-state index in [-0.39, 0.29) is 11.3 Å². The van der Waals surface area contributed by atoms with E-state index in [9.17, 15) is 0 Å². The summed E-state index contributed by atoms with van der Waals surface area (Å²) in [5.41, 5.74) is 5.64. The molecule has 3 N–H and O–H groups in total. The normalized spacial score (nSPS) is 18.1. The zero-order chi connectivity index (χ0) is 10.2. The van der Waals surface area contributed by atoms with Crippen LogP contribution in [0.1, 0.15) is 19.3 Å². The lowest BCUT2D eigenvalue weighted by molar-refractivity contribution is 0.408. The van der Waals surface area contributed by atoms with Crippen LogP contribution in [0.3, 0.4) is 0 Å². The van der Waals surface area contributed by atoms with Crippen molar-refractivity contribution >= 4 is 21.8 Å². The quantitative estimate of drug-likeness (QED) is 0.637. The van der Waals surface area contributed by atoms with Crippen LogP contribution >= 0.6 is 15.9 Å². The summed E-state index contributed by atoms with van der Waals surface area (Å²) in [6, 6.07) is 0. The maximum absolute atomic E-state index is 7.30. The molecular weight excluding hydrogens is 244 g/mol. The first-order valence-corrected chi connectivity index (χ1v) is 5.40. The van der Waals surface area contributed by atoms with Crippen molar-refractivity contribution in [2.45, 2.75) is 25.8 Å². The Kier molecular flexibility index (Phi) is 2.34. The Bertz CT molecular complexity index is 353. The Labute approximate surface area is 91.1 Å². The zero-order valence-electron chi connectivity index (χ0n) is 7.83. The minimum Gasteiger partial charge on any atom is -0.388 e. The van der Waals surface area contributed by atoms with Crippen molar-refractivity contribution in [3.05, 3.63) is 16.9 Å². The van der Waals surface area contributed by atoms with E-state index in [1.54, 1.807) is 6.20 Å². The molecule has 5 heteroatoms. The fourth-order valence-electron chi connectivity index (χ4n) is 1.74. The van der Waals surface area contributed by atoms with Crippen LogP contribution in [0.5, 0.6) is 0 Å². The van der Waals surface area contributed by atoms with Crippen molar-refractivity contribution in [3.8, 4) is 0 Å². The minimum absolute atomic E-state index is 0.220.